The van der Waals surface area contributed by atoms with Crippen molar-refractivity contribution in [2.45, 2.75) is 39.0 Å². The van der Waals surface area contributed by atoms with Crippen LogP contribution >= 0.6 is 0 Å². The molecule has 0 amide bonds. The minimum Gasteiger partial charge on any atom is -0.366 e. The number of benzene rings is 4. The van der Waals surface area contributed by atoms with E-state index in [1.165, 1.54) is 47.5 Å². The number of aryl methyl sites for hydroxylation is 1. The van der Waals surface area contributed by atoms with E-state index in [9.17, 15) is 0 Å². The number of unbranched alkanes of at least 4 members (excludes halogenated alkanes) is 3. The van der Waals surface area contributed by atoms with Gasteiger partial charge in [0.1, 0.15) is 5.82 Å². The van der Waals surface area contributed by atoms with Crippen molar-refractivity contribution in [1.29, 1.82) is 0 Å². The molecule has 235 valence electrons. The summed E-state index contributed by atoms with van der Waals surface area (Å²) >= 11 is 0. The van der Waals surface area contributed by atoms with Gasteiger partial charge < -0.3 is 14.1 Å². The molecular formula is C41H34IrN4O-2. The van der Waals surface area contributed by atoms with Gasteiger partial charge in [0.25, 0.3) is 0 Å². The van der Waals surface area contributed by atoms with Crippen LogP contribution in [0.15, 0.2) is 132 Å². The van der Waals surface area contributed by atoms with Crippen LogP contribution in [-0.2, 0) is 26.5 Å². The first-order valence-corrected chi connectivity index (χ1v) is 15.9. The average Bonchev–Trinajstić information content (AvgIpc) is 3.71. The predicted octanol–water partition coefficient (Wildman–Crippen LogP) is 10.5. The predicted molar refractivity (Wildman–Crippen MR) is 187 cm³/mol. The zero-order chi connectivity index (χ0) is 31.1. The summed E-state index contributed by atoms with van der Waals surface area (Å²) in [5.74, 6) is 0.912. The summed E-state index contributed by atoms with van der Waals surface area (Å²) in [6.45, 7) is 2.26. The molecule has 6 heteroatoms. The summed E-state index contributed by atoms with van der Waals surface area (Å²) in [6.07, 6.45) is 9.92. The standard InChI is InChI=1S/C28H26N3.C13H8NO.Ir/c1-2-3-4-5-11-21-16-17-26-24(20-21)22-12-10-13-23(25-14-6-8-18-29-25)28(22)31(26)27-15-7-9-19-30-27;1-2-6-10(7-3-1)13-11-8-4-5-9-12(11)15-14-13;/h6-10,12,14-20H,2-5,11H2,1H3;1-6,8-9H;/q2*-1;. The van der Waals surface area contributed by atoms with E-state index in [0.717, 1.165) is 51.2 Å². The summed E-state index contributed by atoms with van der Waals surface area (Å²) < 4.78 is 7.49. The minimum absolute atomic E-state index is 0. The van der Waals surface area contributed by atoms with Gasteiger partial charge in [-0.05, 0) is 65.3 Å². The Morgan fingerprint density at radius 2 is 1.53 bits per heavy atom. The summed E-state index contributed by atoms with van der Waals surface area (Å²) in [6, 6.07) is 45.3. The van der Waals surface area contributed by atoms with Crippen molar-refractivity contribution in [3.05, 3.63) is 145 Å². The molecule has 0 saturated carbocycles. The molecular weight excluding hydrogens is 757 g/mol. The van der Waals surface area contributed by atoms with Gasteiger partial charge in [0.2, 0.25) is 0 Å². The van der Waals surface area contributed by atoms with E-state index in [2.05, 4.69) is 69.1 Å². The average molecular weight is 791 g/mol. The van der Waals surface area contributed by atoms with E-state index in [1.807, 2.05) is 97.3 Å². The number of fused-ring (bicyclic) bond motifs is 4. The van der Waals surface area contributed by atoms with Gasteiger partial charge in [-0.3, -0.25) is 0 Å². The molecule has 8 rings (SSSR count). The molecule has 0 fully saturated rings. The number of nitrogens with zero attached hydrogens (tertiary/aromatic N) is 4. The van der Waals surface area contributed by atoms with Gasteiger partial charge in [0, 0.05) is 49.1 Å². The Labute approximate surface area is 288 Å². The van der Waals surface area contributed by atoms with E-state index in [0.29, 0.717) is 0 Å². The van der Waals surface area contributed by atoms with Crippen LogP contribution in [0.5, 0.6) is 0 Å². The first-order valence-electron chi connectivity index (χ1n) is 15.9. The molecule has 0 N–H and O–H groups in total. The summed E-state index contributed by atoms with van der Waals surface area (Å²) in [4.78, 5) is 9.29. The van der Waals surface area contributed by atoms with Gasteiger partial charge in [0.05, 0.1) is 0 Å². The van der Waals surface area contributed by atoms with Crippen LogP contribution in [0, 0.1) is 12.1 Å². The van der Waals surface area contributed by atoms with Gasteiger partial charge in [-0.15, -0.1) is 64.8 Å². The van der Waals surface area contributed by atoms with Gasteiger partial charge in [-0.2, -0.15) is 0 Å². The fraction of sp³-hybridized carbons (Fsp3) is 0.146. The molecule has 0 aliphatic carbocycles. The van der Waals surface area contributed by atoms with Crippen LogP contribution in [0.25, 0.3) is 61.1 Å². The SMILES string of the molecule is CCCCCCc1ccc2c(c1)c1cc[c-]c(-c3ccccn3)c1n2-c1ccccn1.[Ir].[c-]1ccccc1-c1noc2ccccc12. The Kier molecular flexibility index (Phi) is 10.3. The molecule has 1 radical (unpaired) electrons. The van der Waals surface area contributed by atoms with Crippen LogP contribution in [0.4, 0.5) is 0 Å². The number of rotatable bonds is 8. The van der Waals surface area contributed by atoms with Crippen LogP contribution in [0.2, 0.25) is 0 Å². The third kappa shape index (κ3) is 6.80. The zero-order valence-electron chi connectivity index (χ0n) is 26.2. The fourth-order valence-electron chi connectivity index (χ4n) is 6.02. The Hall–Kier alpha value is -4.90. The molecule has 8 aromatic rings. The second kappa shape index (κ2) is 15.1. The van der Waals surface area contributed by atoms with Crippen molar-refractivity contribution in [2.75, 3.05) is 0 Å². The van der Waals surface area contributed by atoms with Crippen molar-refractivity contribution in [3.63, 3.8) is 0 Å². The van der Waals surface area contributed by atoms with Crippen molar-refractivity contribution in [2.24, 2.45) is 0 Å². The largest absolute Gasteiger partial charge is 0.366 e. The maximum Gasteiger partial charge on any atom is 0.157 e. The topological polar surface area (TPSA) is 56.7 Å². The zero-order valence-corrected chi connectivity index (χ0v) is 28.6. The Balaban J connectivity index is 0.000000202. The van der Waals surface area contributed by atoms with E-state index in [-0.39, 0.29) is 20.1 Å². The Morgan fingerprint density at radius 3 is 2.32 bits per heavy atom. The normalized spacial score (nSPS) is 10.9. The second-order valence-corrected chi connectivity index (χ2v) is 11.3. The molecule has 5 nitrogen and oxygen atoms in total. The number of pyridine rings is 2. The molecule has 4 aromatic carbocycles. The van der Waals surface area contributed by atoms with Crippen molar-refractivity contribution in [3.8, 4) is 28.3 Å². The first-order chi connectivity index (χ1) is 22.8. The number of hydrogen-bond donors (Lipinski definition) is 0. The molecule has 47 heavy (non-hydrogen) atoms. The van der Waals surface area contributed by atoms with E-state index < -0.39 is 0 Å². The quantitative estimate of drug-likeness (QED) is 0.114. The van der Waals surface area contributed by atoms with Gasteiger partial charge in [-0.25, -0.2) is 4.98 Å². The third-order valence-electron chi connectivity index (χ3n) is 8.25. The minimum atomic E-state index is 0. The van der Waals surface area contributed by atoms with Crippen LogP contribution in [0.3, 0.4) is 0 Å². The second-order valence-electron chi connectivity index (χ2n) is 11.3. The summed E-state index contributed by atoms with van der Waals surface area (Å²) in [5, 5.41) is 7.57. The number of hydrogen-bond acceptors (Lipinski definition) is 4. The van der Waals surface area contributed by atoms with E-state index in [4.69, 9.17) is 4.52 Å². The van der Waals surface area contributed by atoms with E-state index >= 15 is 0 Å². The molecule has 0 atom stereocenters. The van der Waals surface area contributed by atoms with Gasteiger partial charge >= 0.3 is 0 Å². The molecule has 4 aromatic heterocycles. The molecule has 0 bridgehead atoms. The maximum atomic E-state index is 5.23. The Bertz CT molecular complexity index is 2190. The van der Waals surface area contributed by atoms with Crippen LogP contribution in [0.1, 0.15) is 38.2 Å². The summed E-state index contributed by atoms with van der Waals surface area (Å²) in [5.41, 5.74) is 8.23. The van der Waals surface area contributed by atoms with Crippen molar-refractivity contribution in [1.82, 2.24) is 19.7 Å². The molecule has 0 spiro atoms. The maximum absolute atomic E-state index is 5.23. The van der Waals surface area contributed by atoms with Crippen molar-refractivity contribution >= 4 is 32.8 Å². The summed E-state index contributed by atoms with van der Waals surface area (Å²) in [7, 11) is 0. The third-order valence-corrected chi connectivity index (χ3v) is 8.25. The molecule has 4 heterocycles. The van der Waals surface area contributed by atoms with Crippen LogP contribution < -0.4 is 0 Å². The fourth-order valence-corrected chi connectivity index (χ4v) is 6.02. The van der Waals surface area contributed by atoms with Crippen molar-refractivity contribution < 1.29 is 24.6 Å². The number of para-hydroxylation sites is 1. The molecule has 0 aliphatic heterocycles. The van der Waals surface area contributed by atoms with Gasteiger partial charge in [-0.1, -0.05) is 80.1 Å². The smallest absolute Gasteiger partial charge is 0.157 e. The molecule has 0 aliphatic rings. The Morgan fingerprint density at radius 1 is 0.702 bits per heavy atom. The van der Waals surface area contributed by atoms with E-state index in [1.54, 1.807) is 0 Å². The number of aromatic nitrogens is 4. The first kappa shape index (κ1) is 32.1. The molecule has 0 unspecified atom stereocenters. The monoisotopic (exact) mass is 791 g/mol. The van der Waals surface area contributed by atoms with Crippen LogP contribution in [-0.4, -0.2) is 19.7 Å². The molecule has 0 saturated heterocycles. The van der Waals surface area contributed by atoms with Gasteiger partial charge in [0.15, 0.2) is 5.58 Å².